The molecule has 26 heavy (non-hydrogen) atoms. The van der Waals surface area contributed by atoms with Crippen LogP contribution in [0.5, 0.6) is 11.5 Å². The van der Waals surface area contributed by atoms with Gasteiger partial charge < -0.3 is 14.9 Å². The first-order valence-electron chi connectivity index (χ1n) is 7.25. The number of phenols is 1. The zero-order chi connectivity index (χ0) is 19.7. The molecule has 0 aliphatic rings. The lowest BCUT2D eigenvalue weighted by Crippen LogP contribution is -2.16. The lowest BCUT2D eigenvalue weighted by Gasteiger charge is -2.11. The summed E-state index contributed by atoms with van der Waals surface area (Å²) in [5.41, 5.74) is -0.0453. The Labute approximate surface area is 147 Å². The van der Waals surface area contributed by atoms with Gasteiger partial charge in [0.1, 0.15) is 17.6 Å². The van der Waals surface area contributed by atoms with E-state index in [1.807, 2.05) is 0 Å². The molecule has 0 saturated carbocycles. The van der Waals surface area contributed by atoms with E-state index in [2.05, 4.69) is 0 Å². The van der Waals surface area contributed by atoms with Crippen molar-refractivity contribution in [3.8, 4) is 11.5 Å². The van der Waals surface area contributed by atoms with E-state index in [9.17, 15) is 25.0 Å². The summed E-state index contributed by atoms with van der Waals surface area (Å²) in [7, 11) is 0. The topological polar surface area (TPSA) is 153 Å². The van der Waals surface area contributed by atoms with Crippen LogP contribution in [0.4, 0.5) is 11.4 Å². The number of phenolic OH excluding ortho intramolecular Hbond substituents is 1. The number of aliphatic carboxylic acids is 1. The minimum atomic E-state index is -0.950. The molecule has 0 bridgehead atoms. The second-order valence-corrected chi connectivity index (χ2v) is 5.05. The Kier molecular flexibility index (Phi) is 7.49. The SMILES string of the molecule is CC(CC(=O)O)Oc1ccc([N+](=O)[O-])cc1.O=[N+]([O-])c1ccc(O)cc1. The zero-order valence-corrected chi connectivity index (χ0v) is 13.6. The highest BCUT2D eigenvalue weighted by atomic mass is 16.6. The van der Waals surface area contributed by atoms with Gasteiger partial charge in [-0.15, -0.1) is 0 Å². The van der Waals surface area contributed by atoms with Gasteiger partial charge in [0.2, 0.25) is 0 Å². The van der Waals surface area contributed by atoms with Gasteiger partial charge in [-0.25, -0.2) is 0 Å². The average Bonchev–Trinajstić information content (AvgIpc) is 2.55. The van der Waals surface area contributed by atoms with Gasteiger partial charge >= 0.3 is 5.97 Å². The molecule has 0 radical (unpaired) electrons. The number of carboxylic acid groups (broad SMARTS) is 1. The van der Waals surface area contributed by atoms with Gasteiger partial charge in [0, 0.05) is 24.3 Å². The standard InChI is InChI=1S/C10H11NO5.C6H5NO3/c1-7(6-10(12)13)16-9-4-2-8(3-5-9)11(14)15;8-6-3-1-5(2-4-6)7(9)10/h2-5,7H,6H2,1H3,(H,12,13);1-4,8H. The molecule has 10 heteroatoms. The normalized spacial score (nSPS) is 10.8. The minimum Gasteiger partial charge on any atom is -0.508 e. The maximum atomic E-state index is 10.4. The number of hydrogen-bond donors (Lipinski definition) is 2. The van der Waals surface area contributed by atoms with Crippen molar-refractivity contribution < 1.29 is 29.6 Å². The molecule has 10 nitrogen and oxygen atoms in total. The third kappa shape index (κ3) is 7.25. The van der Waals surface area contributed by atoms with Crippen LogP contribution in [0, 0.1) is 20.2 Å². The van der Waals surface area contributed by atoms with Crippen molar-refractivity contribution in [2.45, 2.75) is 19.4 Å². The Hall–Kier alpha value is -3.69. The Morgan fingerprint density at radius 1 is 1.00 bits per heavy atom. The third-order valence-electron chi connectivity index (χ3n) is 2.91. The Balaban J connectivity index is 0.000000289. The first-order chi connectivity index (χ1) is 12.2. The number of aromatic hydroxyl groups is 1. The van der Waals surface area contributed by atoms with Gasteiger partial charge in [-0.2, -0.15) is 0 Å². The Morgan fingerprint density at radius 2 is 1.42 bits per heavy atom. The second-order valence-electron chi connectivity index (χ2n) is 5.05. The van der Waals surface area contributed by atoms with Gasteiger partial charge in [-0.3, -0.25) is 25.0 Å². The largest absolute Gasteiger partial charge is 0.508 e. The molecule has 0 aliphatic heterocycles. The fourth-order valence-electron chi connectivity index (χ4n) is 1.74. The maximum absolute atomic E-state index is 10.4. The summed E-state index contributed by atoms with van der Waals surface area (Å²) in [6.45, 7) is 1.62. The number of benzene rings is 2. The highest BCUT2D eigenvalue weighted by Crippen LogP contribution is 2.19. The third-order valence-corrected chi connectivity index (χ3v) is 2.91. The first kappa shape index (κ1) is 20.4. The van der Waals surface area contributed by atoms with Crippen molar-refractivity contribution in [3.63, 3.8) is 0 Å². The fourth-order valence-corrected chi connectivity index (χ4v) is 1.74. The number of nitrogens with zero attached hydrogens (tertiary/aromatic N) is 2. The van der Waals surface area contributed by atoms with Crippen LogP contribution in [-0.2, 0) is 4.79 Å². The van der Waals surface area contributed by atoms with Crippen LogP contribution < -0.4 is 4.74 Å². The smallest absolute Gasteiger partial charge is 0.307 e. The van der Waals surface area contributed by atoms with Gasteiger partial charge in [-0.1, -0.05) is 0 Å². The van der Waals surface area contributed by atoms with Crippen LogP contribution in [-0.4, -0.2) is 32.1 Å². The van der Waals surface area contributed by atoms with Gasteiger partial charge in [0.25, 0.3) is 11.4 Å². The molecule has 2 aromatic carbocycles. The molecule has 2 aromatic rings. The maximum Gasteiger partial charge on any atom is 0.307 e. The summed E-state index contributed by atoms with van der Waals surface area (Å²) < 4.78 is 5.26. The summed E-state index contributed by atoms with van der Waals surface area (Å²) in [6, 6.07) is 10.5. The molecule has 0 spiro atoms. The summed E-state index contributed by atoms with van der Waals surface area (Å²) >= 11 is 0. The molecule has 0 aliphatic carbocycles. The second kappa shape index (κ2) is 9.57. The van der Waals surface area contributed by atoms with Gasteiger partial charge in [0.15, 0.2) is 0 Å². The van der Waals surface area contributed by atoms with Crippen LogP contribution >= 0.6 is 0 Å². The number of carboxylic acids is 1. The number of rotatable bonds is 6. The lowest BCUT2D eigenvalue weighted by molar-refractivity contribution is -0.385. The zero-order valence-electron chi connectivity index (χ0n) is 13.6. The van der Waals surface area contributed by atoms with E-state index in [4.69, 9.17) is 14.9 Å². The van der Waals surface area contributed by atoms with Crippen molar-refractivity contribution in [2.75, 3.05) is 0 Å². The van der Waals surface area contributed by atoms with E-state index in [0.717, 1.165) is 0 Å². The van der Waals surface area contributed by atoms with Crippen LogP contribution in [0.2, 0.25) is 0 Å². The van der Waals surface area contributed by atoms with Crippen molar-refractivity contribution in [1.29, 1.82) is 0 Å². The lowest BCUT2D eigenvalue weighted by atomic mass is 10.2. The van der Waals surface area contributed by atoms with Crippen molar-refractivity contribution >= 4 is 17.3 Å². The molecule has 2 rings (SSSR count). The number of carbonyl (C=O) groups is 1. The van der Waals surface area contributed by atoms with E-state index in [1.54, 1.807) is 6.92 Å². The summed E-state index contributed by atoms with van der Waals surface area (Å²) in [5.74, 6) is -0.501. The summed E-state index contributed by atoms with van der Waals surface area (Å²) in [4.78, 5) is 29.8. The Bertz CT molecular complexity index is 759. The monoisotopic (exact) mass is 364 g/mol. The van der Waals surface area contributed by atoms with Crippen molar-refractivity contribution in [2.24, 2.45) is 0 Å². The fraction of sp³-hybridized carbons (Fsp3) is 0.188. The predicted molar refractivity (Wildman–Crippen MR) is 90.2 cm³/mol. The molecular weight excluding hydrogens is 348 g/mol. The van der Waals surface area contributed by atoms with Gasteiger partial charge in [0.05, 0.1) is 16.3 Å². The molecule has 138 valence electrons. The molecule has 0 heterocycles. The average molecular weight is 364 g/mol. The van der Waals surface area contributed by atoms with Crippen LogP contribution in [0.1, 0.15) is 13.3 Å². The van der Waals surface area contributed by atoms with E-state index in [-0.39, 0.29) is 23.5 Å². The van der Waals surface area contributed by atoms with Crippen LogP contribution in [0.25, 0.3) is 0 Å². The number of ether oxygens (including phenoxy) is 1. The number of hydrogen-bond acceptors (Lipinski definition) is 7. The quantitative estimate of drug-likeness (QED) is 0.585. The van der Waals surface area contributed by atoms with E-state index in [1.165, 1.54) is 48.5 Å². The predicted octanol–water partition coefficient (Wildman–Crippen LogP) is 3.14. The number of nitro benzene ring substituents is 2. The molecule has 0 fully saturated rings. The minimum absolute atomic E-state index is 0.0159. The summed E-state index contributed by atoms with van der Waals surface area (Å²) in [6.07, 6.45) is -0.587. The van der Waals surface area contributed by atoms with Crippen LogP contribution in [0.15, 0.2) is 48.5 Å². The summed E-state index contributed by atoms with van der Waals surface area (Å²) in [5, 5.41) is 37.6. The highest BCUT2D eigenvalue weighted by Gasteiger charge is 2.10. The molecule has 0 aromatic heterocycles. The molecule has 2 N–H and O–H groups in total. The van der Waals surface area contributed by atoms with E-state index < -0.39 is 21.9 Å². The molecule has 0 saturated heterocycles. The van der Waals surface area contributed by atoms with E-state index in [0.29, 0.717) is 5.75 Å². The molecule has 0 amide bonds. The van der Waals surface area contributed by atoms with Gasteiger partial charge in [-0.05, 0) is 31.2 Å². The first-order valence-corrected chi connectivity index (χ1v) is 7.25. The number of nitro groups is 2. The molecule has 1 atom stereocenters. The van der Waals surface area contributed by atoms with E-state index >= 15 is 0 Å². The number of non-ortho nitro benzene ring substituents is 2. The molecule has 1 unspecified atom stereocenters. The van der Waals surface area contributed by atoms with Crippen molar-refractivity contribution in [1.82, 2.24) is 0 Å². The van der Waals surface area contributed by atoms with Crippen molar-refractivity contribution in [3.05, 3.63) is 68.8 Å². The van der Waals surface area contributed by atoms with Crippen LogP contribution in [0.3, 0.4) is 0 Å². The Morgan fingerprint density at radius 3 is 1.81 bits per heavy atom. The highest BCUT2D eigenvalue weighted by molar-refractivity contribution is 5.67. The molecular formula is C16H16N2O8.